The van der Waals surface area contributed by atoms with E-state index >= 15 is 0 Å². The monoisotopic (exact) mass is 484 g/mol. The number of nitrogens with one attached hydrogen (secondary N) is 2. The summed E-state index contributed by atoms with van der Waals surface area (Å²) < 4.78 is 11.5. The van der Waals surface area contributed by atoms with Gasteiger partial charge < -0.3 is 19.4 Å². The highest BCUT2D eigenvalue weighted by atomic mass is 16.5. The summed E-state index contributed by atoms with van der Waals surface area (Å²) >= 11 is 0. The van der Waals surface area contributed by atoms with Gasteiger partial charge in [-0.25, -0.2) is 0 Å². The lowest BCUT2D eigenvalue weighted by atomic mass is 9.67. The van der Waals surface area contributed by atoms with E-state index in [1.54, 1.807) is 14.2 Å². The Morgan fingerprint density at radius 2 is 1.38 bits per heavy atom. The molecule has 0 aliphatic rings. The second kappa shape index (κ2) is 9.40. The number of rotatable bonds is 7. The minimum atomic E-state index is -0.743. The van der Waals surface area contributed by atoms with Crippen LogP contribution in [0.15, 0.2) is 121 Å². The number of hydrogen-bond donors (Lipinski definition) is 2. The van der Waals surface area contributed by atoms with Crippen molar-refractivity contribution in [1.82, 2.24) is 9.97 Å². The fourth-order valence-corrected chi connectivity index (χ4v) is 5.56. The highest BCUT2D eigenvalue weighted by Gasteiger charge is 2.45. The van der Waals surface area contributed by atoms with Crippen LogP contribution in [0, 0.1) is 0 Å². The fourth-order valence-electron chi connectivity index (χ4n) is 5.56. The van der Waals surface area contributed by atoms with Crippen LogP contribution in [0.4, 0.5) is 0 Å². The van der Waals surface area contributed by atoms with Crippen LogP contribution in [-0.2, 0) is 5.41 Å². The summed E-state index contributed by atoms with van der Waals surface area (Å²) in [5, 5.41) is 1.17. The summed E-state index contributed by atoms with van der Waals surface area (Å²) in [6, 6.07) is 39.9. The zero-order valence-corrected chi connectivity index (χ0v) is 20.9. The molecule has 2 N–H and O–H groups in total. The van der Waals surface area contributed by atoms with Crippen LogP contribution in [0.25, 0.3) is 22.0 Å². The fraction of sp³-hybridized carbons (Fsp3) is 0.0909. The number of hydrogen-bond acceptors (Lipinski definition) is 2. The summed E-state index contributed by atoms with van der Waals surface area (Å²) in [7, 11) is 3.42. The van der Waals surface area contributed by atoms with Crippen molar-refractivity contribution in [3.63, 3.8) is 0 Å². The predicted molar refractivity (Wildman–Crippen MR) is 149 cm³/mol. The number of aromatic nitrogens is 2. The molecule has 0 aliphatic heterocycles. The molecule has 0 saturated carbocycles. The van der Waals surface area contributed by atoms with Gasteiger partial charge in [0.1, 0.15) is 16.9 Å². The van der Waals surface area contributed by atoms with E-state index in [1.165, 1.54) is 5.39 Å². The van der Waals surface area contributed by atoms with Gasteiger partial charge in [0.15, 0.2) is 0 Å². The van der Waals surface area contributed by atoms with Gasteiger partial charge in [-0.05, 0) is 47.5 Å². The average molecular weight is 485 g/mol. The minimum absolute atomic E-state index is 0.743. The van der Waals surface area contributed by atoms with Crippen LogP contribution in [0.3, 0.4) is 0 Å². The lowest BCUT2D eigenvalue weighted by molar-refractivity contribution is 0.404. The number of methoxy groups -OCH3 is 2. The summed E-state index contributed by atoms with van der Waals surface area (Å²) in [4.78, 5) is 7.43. The van der Waals surface area contributed by atoms with Crippen LogP contribution in [0.2, 0.25) is 0 Å². The van der Waals surface area contributed by atoms with Crippen molar-refractivity contribution in [2.45, 2.75) is 5.41 Å². The first-order valence-corrected chi connectivity index (χ1v) is 12.4. The molecule has 2 heterocycles. The topological polar surface area (TPSA) is 50.0 Å². The Morgan fingerprint density at radius 1 is 0.649 bits per heavy atom. The van der Waals surface area contributed by atoms with Gasteiger partial charge in [0.05, 0.1) is 14.2 Å². The van der Waals surface area contributed by atoms with Crippen molar-refractivity contribution in [3.05, 3.63) is 144 Å². The van der Waals surface area contributed by atoms with E-state index in [0.29, 0.717) is 0 Å². The number of benzene rings is 4. The highest BCUT2D eigenvalue weighted by molar-refractivity contribution is 5.99. The quantitative estimate of drug-likeness (QED) is 0.246. The Balaban J connectivity index is 1.82. The Bertz CT molecular complexity index is 1630. The summed E-state index contributed by atoms with van der Waals surface area (Å²) in [6.45, 7) is 0. The van der Waals surface area contributed by atoms with E-state index < -0.39 is 5.41 Å². The Kier molecular flexibility index (Phi) is 5.78. The standard InChI is InChI=1S/C33H28N2O2/c1-36-25-20-18-24(19-21-25)33(30-17-10-22-34-30,27-14-7-9-16-29(27)37-2)32-31(23-11-4-3-5-12-23)26-13-6-8-15-28(26)35-32/h3-22,34-35H,1-2H3/t33-/m0/s1. The van der Waals surface area contributed by atoms with Crippen molar-refractivity contribution in [3.8, 4) is 22.6 Å². The van der Waals surface area contributed by atoms with Gasteiger partial charge in [-0.1, -0.05) is 78.9 Å². The molecule has 0 aliphatic carbocycles. The Hall–Kier alpha value is -4.70. The van der Waals surface area contributed by atoms with E-state index in [1.807, 2.05) is 36.5 Å². The molecule has 37 heavy (non-hydrogen) atoms. The van der Waals surface area contributed by atoms with Gasteiger partial charge >= 0.3 is 0 Å². The smallest absolute Gasteiger partial charge is 0.123 e. The van der Waals surface area contributed by atoms with Crippen molar-refractivity contribution in [1.29, 1.82) is 0 Å². The molecular weight excluding hydrogens is 456 g/mol. The zero-order valence-electron chi connectivity index (χ0n) is 20.9. The molecular formula is C33H28N2O2. The van der Waals surface area contributed by atoms with E-state index in [-0.39, 0.29) is 0 Å². The second-order valence-corrected chi connectivity index (χ2v) is 9.05. The van der Waals surface area contributed by atoms with Crippen molar-refractivity contribution in [2.75, 3.05) is 14.2 Å². The van der Waals surface area contributed by atoms with Crippen LogP contribution in [0.1, 0.15) is 22.5 Å². The zero-order chi connectivity index (χ0) is 25.2. The van der Waals surface area contributed by atoms with E-state index in [9.17, 15) is 0 Å². The predicted octanol–water partition coefficient (Wildman–Crippen LogP) is 7.56. The molecule has 4 heteroatoms. The van der Waals surface area contributed by atoms with Crippen molar-refractivity contribution < 1.29 is 9.47 Å². The molecule has 4 nitrogen and oxygen atoms in total. The largest absolute Gasteiger partial charge is 0.497 e. The normalized spacial score (nSPS) is 12.8. The van der Waals surface area contributed by atoms with Crippen LogP contribution >= 0.6 is 0 Å². The van der Waals surface area contributed by atoms with Crippen LogP contribution in [0.5, 0.6) is 11.5 Å². The first-order chi connectivity index (χ1) is 18.3. The third-order valence-corrected chi connectivity index (χ3v) is 7.18. The van der Waals surface area contributed by atoms with Gasteiger partial charge in [0.2, 0.25) is 0 Å². The van der Waals surface area contributed by atoms with E-state index in [2.05, 4.69) is 94.9 Å². The molecule has 0 radical (unpaired) electrons. The number of para-hydroxylation sites is 2. The SMILES string of the molecule is COc1ccc([C@@](c2ccc[nH]2)(c2ccccc2OC)c2[nH]c3ccccc3c2-c2ccccc2)cc1. The molecule has 0 spiro atoms. The molecule has 4 aromatic carbocycles. The van der Waals surface area contributed by atoms with Gasteiger partial charge in [-0.2, -0.15) is 0 Å². The molecule has 0 bridgehead atoms. The lowest BCUT2D eigenvalue weighted by Gasteiger charge is -2.36. The van der Waals surface area contributed by atoms with Gasteiger partial charge in [-0.3, -0.25) is 0 Å². The van der Waals surface area contributed by atoms with E-state index in [4.69, 9.17) is 9.47 Å². The van der Waals surface area contributed by atoms with Crippen molar-refractivity contribution >= 4 is 10.9 Å². The number of aromatic amines is 2. The molecule has 182 valence electrons. The number of fused-ring (bicyclic) bond motifs is 1. The molecule has 0 unspecified atom stereocenters. The lowest BCUT2D eigenvalue weighted by Crippen LogP contribution is -2.33. The number of H-pyrrole nitrogens is 2. The first kappa shape index (κ1) is 22.7. The third-order valence-electron chi connectivity index (χ3n) is 7.18. The highest BCUT2D eigenvalue weighted by Crippen LogP contribution is 2.51. The summed E-state index contributed by atoms with van der Waals surface area (Å²) in [5.74, 6) is 1.62. The average Bonchev–Trinajstić information content (AvgIpc) is 3.64. The molecule has 0 saturated heterocycles. The maximum absolute atomic E-state index is 6.00. The molecule has 6 rings (SSSR count). The van der Waals surface area contributed by atoms with Crippen LogP contribution < -0.4 is 9.47 Å². The maximum Gasteiger partial charge on any atom is 0.123 e. The molecule has 1 atom stereocenters. The Morgan fingerprint density at radius 3 is 2.11 bits per heavy atom. The molecule has 6 aromatic rings. The molecule has 0 fully saturated rings. The van der Waals surface area contributed by atoms with Gasteiger partial charge in [0, 0.05) is 39.6 Å². The summed E-state index contributed by atoms with van der Waals surface area (Å²) in [6.07, 6.45) is 1.98. The summed E-state index contributed by atoms with van der Waals surface area (Å²) in [5.41, 5.74) is 6.87. The molecule has 0 amide bonds. The molecule has 2 aromatic heterocycles. The van der Waals surface area contributed by atoms with Gasteiger partial charge in [-0.15, -0.1) is 0 Å². The van der Waals surface area contributed by atoms with E-state index in [0.717, 1.165) is 50.7 Å². The first-order valence-electron chi connectivity index (χ1n) is 12.4. The van der Waals surface area contributed by atoms with Crippen LogP contribution in [-0.4, -0.2) is 24.2 Å². The number of ether oxygens (including phenoxy) is 2. The third kappa shape index (κ3) is 3.61. The maximum atomic E-state index is 6.00. The van der Waals surface area contributed by atoms with Crippen molar-refractivity contribution in [2.24, 2.45) is 0 Å². The Labute approximate surface area is 216 Å². The second-order valence-electron chi connectivity index (χ2n) is 9.05. The van der Waals surface area contributed by atoms with Gasteiger partial charge in [0.25, 0.3) is 0 Å². The minimum Gasteiger partial charge on any atom is -0.497 e.